The average molecular weight is 363 g/mol. The molecule has 1 aromatic heterocycles. The Labute approximate surface area is 154 Å². The van der Waals surface area contributed by atoms with Crippen LogP contribution in [0.5, 0.6) is 0 Å². The number of carbonyl (C=O) groups is 2. The molecule has 1 aliphatic carbocycles. The number of aliphatic hydroxyl groups is 1. The van der Waals surface area contributed by atoms with Gasteiger partial charge in [-0.15, -0.1) is 0 Å². The number of aromatic nitrogens is 2. The summed E-state index contributed by atoms with van der Waals surface area (Å²) in [6.07, 6.45) is 6.98. The van der Waals surface area contributed by atoms with Crippen molar-refractivity contribution in [1.82, 2.24) is 25.1 Å². The molecule has 2 atom stereocenters. The van der Waals surface area contributed by atoms with E-state index in [0.29, 0.717) is 13.1 Å². The maximum atomic E-state index is 12.3. The molecular formula is C18H29N5O3. The largest absolute Gasteiger partial charge is 0.391 e. The number of nitrogens with one attached hydrogen (secondary N) is 2. The Morgan fingerprint density at radius 3 is 2.92 bits per heavy atom. The number of carbonyl (C=O) groups excluding carboxylic acids is 2. The molecule has 0 unspecified atom stereocenters. The van der Waals surface area contributed by atoms with E-state index in [1.54, 1.807) is 11.9 Å². The summed E-state index contributed by atoms with van der Waals surface area (Å²) in [4.78, 5) is 29.8. The van der Waals surface area contributed by atoms with Gasteiger partial charge in [0.2, 0.25) is 5.91 Å². The van der Waals surface area contributed by atoms with E-state index in [1.807, 2.05) is 6.33 Å². The zero-order valence-electron chi connectivity index (χ0n) is 15.4. The van der Waals surface area contributed by atoms with Crippen LogP contribution in [0, 0.1) is 5.92 Å². The molecule has 144 valence electrons. The molecule has 3 amide bonds. The van der Waals surface area contributed by atoms with Crippen LogP contribution in [0.15, 0.2) is 6.33 Å². The zero-order chi connectivity index (χ0) is 18.5. The molecule has 3 N–H and O–H groups in total. The normalized spacial score (nSPS) is 22.2. The Balaban J connectivity index is 1.39. The van der Waals surface area contributed by atoms with Crippen LogP contribution in [0.25, 0.3) is 0 Å². The molecule has 8 heteroatoms. The molecule has 0 radical (unpaired) electrons. The van der Waals surface area contributed by atoms with Gasteiger partial charge in [-0.05, 0) is 32.1 Å². The summed E-state index contributed by atoms with van der Waals surface area (Å²) in [6, 6.07) is -0.170. The first-order valence-corrected chi connectivity index (χ1v) is 9.52. The molecule has 3 rings (SSSR count). The molecule has 1 fully saturated rings. The summed E-state index contributed by atoms with van der Waals surface area (Å²) in [5, 5.41) is 15.5. The van der Waals surface area contributed by atoms with Gasteiger partial charge >= 0.3 is 6.03 Å². The number of urea groups is 1. The van der Waals surface area contributed by atoms with Crippen molar-refractivity contribution in [2.45, 2.75) is 51.2 Å². The highest BCUT2D eigenvalue weighted by Gasteiger charge is 2.34. The molecule has 2 aliphatic rings. The van der Waals surface area contributed by atoms with Crippen molar-refractivity contribution in [3.8, 4) is 0 Å². The Bertz CT molecular complexity index is 645. The van der Waals surface area contributed by atoms with Gasteiger partial charge in [0.25, 0.3) is 0 Å². The Morgan fingerprint density at radius 2 is 2.12 bits per heavy atom. The predicted molar refractivity (Wildman–Crippen MR) is 96.6 cm³/mol. The van der Waals surface area contributed by atoms with Crippen LogP contribution >= 0.6 is 0 Å². The molecule has 2 heterocycles. The Kier molecular flexibility index (Phi) is 6.13. The lowest BCUT2D eigenvalue weighted by Gasteiger charge is -2.17. The van der Waals surface area contributed by atoms with E-state index in [9.17, 15) is 14.7 Å². The second-order valence-corrected chi connectivity index (χ2v) is 7.23. The van der Waals surface area contributed by atoms with Gasteiger partial charge in [-0.2, -0.15) is 0 Å². The average Bonchev–Trinajstić information content (AvgIpc) is 3.22. The van der Waals surface area contributed by atoms with Gasteiger partial charge < -0.3 is 25.2 Å². The van der Waals surface area contributed by atoms with Crippen molar-refractivity contribution in [3.63, 3.8) is 0 Å². The molecule has 0 aromatic carbocycles. The first-order valence-electron chi connectivity index (χ1n) is 9.52. The maximum absolute atomic E-state index is 12.3. The van der Waals surface area contributed by atoms with Crippen molar-refractivity contribution in [1.29, 1.82) is 0 Å². The molecule has 1 aromatic rings. The fraction of sp³-hybridized carbons (Fsp3) is 0.722. The van der Waals surface area contributed by atoms with Crippen LogP contribution in [0.4, 0.5) is 4.79 Å². The molecule has 26 heavy (non-hydrogen) atoms. The van der Waals surface area contributed by atoms with E-state index < -0.39 is 6.10 Å². The second kappa shape index (κ2) is 8.53. The minimum atomic E-state index is -0.643. The van der Waals surface area contributed by atoms with Crippen LogP contribution in [0.2, 0.25) is 0 Å². The van der Waals surface area contributed by atoms with Crippen molar-refractivity contribution in [3.05, 3.63) is 17.7 Å². The number of likely N-dealkylation sites (tertiary alicyclic amines) is 1. The number of aliphatic hydroxyl groups excluding tert-OH is 1. The minimum absolute atomic E-state index is 0.111. The summed E-state index contributed by atoms with van der Waals surface area (Å²) < 4.78 is 2.21. The van der Waals surface area contributed by atoms with E-state index in [1.165, 1.54) is 24.2 Å². The van der Waals surface area contributed by atoms with Gasteiger partial charge in [0.05, 0.1) is 18.1 Å². The monoisotopic (exact) mass is 363 g/mol. The van der Waals surface area contributed by atoms with Gasteiger partial charge in [-0.3, -0.25) is 4.79 Å². The summed E-state index contributed by atoms with van der Waals surface area (Å²) in [5.74, 6) is -0.307. The topological polar surface area (TPSA) is 99.5 Å². The fourth-order valence-corrected chi connectivity index (χ4v) is 3.84. The summed E-state index contributed by atoms with van der Waals surface area (Å²) in [6.45, 7) is 2.13. The number of rotatable bonds is 6. The van der Waals surface area contributed by atoms with Crippen LogP contribution in [0.1, 0.15) is 37.1 Å². The van der Waals surface area contributed by atoms with Gasteiger partial charge in [0.15, 0.2) is 0 Å². The predicted octanol–water partition coefficient (Wildman–Crippen LogP) is 0.290. The van der Waals surface area contributed by atoms with Gasteiger partial charge in [-0.25, -0.2) is 9.78 Å². The maximum Gasteiger partial charge on any atom is 0.317 e. The van der Waals surface area contributed by atoms with Crippen LogP contribution in [0.3, 0.4) is 0 Å². The molecule has 0 bridgehead atoms. The number of aryl methyl sites for hydroxylation is 2. The molecule has 0 saturated carbocycles. The smallest absolute Gasteiger partial charge is 0.317 e. The molecule has 1 saturated heterocycles. The Morgan fingerprint density at radius 1 is 1.31 bits per heavy atom. The summed E-state index contributed by atoms with van der Waals surface area (Å²) in [5.41, 5.74) is 2.58. The number of amides is 3. The fourth-order valence-electron chi connectivity index (χ4n) is 3.84. The molecule has 1 aliphatic heterocycles. The van der Waals surface area contributed by atoms with E-state index in [2.05, 4.69) is 20.2 Å². The van der Waals surface area contributed by atoms with Crippen LogP contribution < -0.4 is 10.6 Å². The van der Waals surface area contributed by atoms with Gasteiger partial charge in [0.1, 0.15) is 0 Å². The highest BCUT2D eigenvalue weighted by Crippen LogP contribution is 2.21. The standard InChI is InChI=1S/C18H29N5O3/c1-19-17(25)9-13-10-23(11-16(13)24)18(26)20-7-4-8-22-12-21-14-5-2-3-6-15(14)22/h12-13,16,24H,2-11H2,1H3,(H,19,25)(H,20,26)/t13-,16-/m1/s1. The van der Waals surface area contributed by atoms with Crippen LogP contribution in [-0.4, -0.2) is 64.3 Å². The van der Waals surface area contributed by atoms with Crippen molar-refractivity contribution in [2.24, 2.45) is 5.92 Å². The number of nitrogens with zero attached hydrogens (tertiary/aromatic N) is 3. The van der Waals surface area contributed by atoms with E-state index in [0.717, 1.165) is 25.8 Å². The third-order valence-corrected chi connectivity index (χ3v) is 5.38. The quantitative estimate of drug-likeness (QED) is 0.633. The summed E-state index contributed by atoms with van der Waals surface area (Å²) >= 11 is 0. The highest BCUT2D eigenvalue weighted by atomic mass is 16.3. The third-order valence-electron chi connectivity index (χ3n) is 5.38. The number of imidazole rings is 1. The molecule has 0 spiro atoms. The van der Waals surface area contributed by atoms with E-state index in [4.69, 9.17) is 0 Å². The van der Waals surface area contributed by atoms with Crippen molar-refractivity contribution < 1.29 is 14.7 Å². The molecule has 8 nitrogen and oxygen atoms in total. The first-order chi connectivity index (χ1) is 12.6. The zero-order valence-corrected chi connectivity index (χ0v) is 15.4. The first kappa shape index (κ1) is 18.7. The summed E-state index contributed by atoms with van der Waals surface area (Å²) in [7, 11) is 1.57. The van der Waals surface area contributed by atoms with E-state index in [-0.39, 0.29) is 30.8 Å². The van der Waals surface area contributed by atoms with Gasteiger partial charge in [-0.1, -0.05) is 0 Å². The highest BCUT2D eigenvalue weighted by molar-refractivity contribution is 5.77. The Hall–Kier alpha value is -2.09. The van der Waals surface area contributed by atoms with Crippen molar-refractivity contribution in [2.75, 3.05) is 26.7 Å². The number of fused-ring (bicyclic) bond motifs is 1. The SMILES string of the molecule is CNC(=O)C[C@@H]1CN(C(=O)NCCCn2cnc3c2CCCC3)C[C@H]1O. The lowest BCUT2D eigenvalue weighted by Crippen LogP contribution is -2.39. The third kappa shape index (κ3) is 4.35. The van der Waals surface area contributed by atoms with E-state index >= 15 is 0 Å². The van der Waals surface area contributed by atoms with Crippen molar-refractivity contribution >= 4 is 11.9 Å². The number of hydrogen-bond acceptors (Lipinski definition) is 4. The second-order valence-electron chi connectivity index (χ2n) is 7.23. The number of hydrogen-bond donors (Lipinski definition) is 3. The molecular weight excluding hydrogens is 334 g/mol. The lowest BCUT2D eigenvalue weighted by atomic mass is 10.0. The minimum Gasteiger partial charge on any atom is -0.391 e. The van der Waals surface area contributed by atoms with Gasteiger partial charge in [0, 0.05) is 51.3 Å². The van der Waals surface area contributed by atoms with Crippen LogP contribution in [-0.2, 0) is 24.2 Å². The number of β-amino-alcohol motifs (C(OH)–C–C–N with tert-alkyl or cyclic N) is 1. The lowest BCUT2D eigenvalue weighted by molar-refractivity contribution is -0.122.